The van der Waals surface area contributed by atoms with E-state index in [0.717, 1.165) is 10.0 Å². The summed E-state index contributed by atoms with van der Waals surface area (Å²) in [5.41, 5.74) is 1.79. The lowest BCUT2D eigenvalue weighted by atomic mass is 10.2. The Labute approximate surface area is 203 Å². The van der Waals surface area contributed by atoms with Crippen LogP contribution in [0.2, 0.25) is 15.1 Å². The van der Waals surface area contributed by atoms with Crippen LogP contribution in [-0.4, -0.2) is 11.7 Å². The molecule has 0 aliphatic heterocycles. The van der Waals surface area contributed by atoms with Crippen molar-refractivity contribution < 1.29 is 19.0 Å². The molecule has 4 nitrogen and oxygen atoms in total. The Bertz CT molecular complexity index is 1050. The summed E-state index contributed by atoms with van der Waals surface area (Å²) in [6.45, 7) is 2.66. The highest BCUT2D eigenvalue weighted by molar-refractivity contribution is 9.10. The molecule has 9 heteroatoms. The maximum Gasteiger partial charge on any atom is 0.162 e. The summed E-state index contributed by atoms with van der Waals surface area (Å²) in [5, 5.41) is 13.5. The van der Waals surface area contributed by atoms with E-state index < -0.39 is 5.82 Å². The third-order valence-corrected chi connectivity index (χ3v) is 6.01. The van der Waals surface area contributed by atoms with Gasteiger partial charge in [0, 0.05) is 22.3 Å². The molecule has 0 heterocycles. The molecule has 0 aromatic heterocycles. The zero-order chi connectivity index (χ0) is 22.5. The van der Waals surface area contributed by atoms with Crippen molar-refractivity contribution in [3.05, 3.63) is 78.9 Å². The first-order valence-corrected chi connectivity index (χ1v) is 11.2. The van der Waals surface area contributed by atoms with Crippen molar-refractivity contribution >= 4 is 56.4 Å². The molecule has 164 valence electrons. The van der Waals surface area contributed by atoms with Crippen LogP contribution in [0.15, 0.2) is 46.9 Å². The number of rotatable bonds is 8. The molecule has 0 unspecified atom stereocenters. The van der Waals surface area contributed by atoms with Gasteiger partial charge in [-0.1, -0.05) is 56.8 Å². The van der Waals surface area contributed by atoms with Crippen LogP contribution in [0.3, 0.4) is 0 Å². The predicted octanol–water partition coefficient (Wildman–Crippen LogP) is 7.84. The number of aromatic hydroxyl groups is 1. The Kier molecular flexibility index (Phi) is 8.17. The van der Waals surface area contributed by atoms with Gasteiger partial charge >= 0.3 is 0 Å². The van der Waals surface area contributed by atoms with Gasteiger partial charge in [0.25, 0.3) is 0 Å². The summed E-state index contributed by atoms with van der Waals surface area (Å²) in [6.07, 6.45) is 0. The Hall–Kier alpha value is -1.86. The number of ether oxygens (including phenoxy) is 2. The Morgan fingerprint density at radius 1 is 1.00 bits per heavy atom. The van der Waals surface area contributed by atoms with Crippen LogP contribution >= 0.6 is 50.7 Å². The van der Waals surface area contributed by atoms with E-state index in [4.69, 9.17) is 44.3 Å². The van der Waals surface area contributed by atoms with Crippen LogP contribution in [0.5, 0.6) is 17.2 Å². The van der Waals surface area contributed by atoms with Gasteiger partial charge in [0.15, 0.2) is 17.2 Å². The molecule has 0 aliphatic carbocycles. The molecule has 0 atom stereocenters. The number of phenolic OH excluding ortho intramolecular Hbond substituents is 1. The lowest BCUT2D eigenvalue weighted by Gasteiger charge is -2.16. The number of halogens is 5. The monoisotopic (exact) mass is 547 g/mol. The SMILES string of the molecule is CCOc1cc(CNc2cc(Cl)c(O)c(Cl)c2)c(Br)cc1OCc1c(F)cccc1Cl. The maximum absolute atomic E-state index is 14.0. The molecule has 0 aliphatic rings. The van der Waals surface area contributed by atoms with E-state index in [2.05, 4.69) is 21.2 Å². The van der Waals surface area contributed by atoms with Gasteiger partial charge in [-0.25, -0.2) is 4.39 Å². The zero-order valence-corrected chi connectivity index (χ0v) is 20.2. The second-order valence-electron chi connectivity index (χ2n) is 6.45. The van der Waals surface area contributed by atoms with Crippen LogP contribution in [0.1, 0.15) is 18.1 Å². The van der Waals surface area contributed by atoms with Gasteiger partial charge in [-0.2, -0.15) is 0 Å². The Morgan fingerprint density at radius 2 is 1.68 bits per heavy atom. The van der Waals surface area contributed by atoms with Crippen LogP contribution < -0.4 is 14.8 Å². The number of nitrogens with one attached hydrogen (secondary N) is 1. The Balaban J connectivity index is 1.80. The second-order valence-corrected chi connectivity index (χ2v) is 8.53. The summed E-state index contributed by atoms with van der Waals surface area (Å²) < 4.78 is 26.3. The summed E-state index contributed by atoms with van der Waals surface area (Å²) in [6, 6.07) is 11.2. The van der Waals surface area contributed by atoms with Crippen molar-refractivity contribution in [2.45, 2.75) is 20.1 Å². The van der Waals surface area contributed by atoms with Gasteiger partial charge in [-0.05, 0) is 48.9 Å². The first kappa shape index (κ1) is 23.8. The fourth-order valence-corrected chi connectivity index (χ4v) is 3.95. The molecule has 2 N–H and O–H groups in total. The topological polar surface area (TPSA) is 50.7 Å². The molecule has 0 fully saturated rings. The van der Waals surface area contributed by atoms with Crippen molar-refractivity contribution in [2.75, 3.05) is 11.9 Å². The van der Waals surface area contributed by atoms with Crippen molar-refractivity contribution in [3.8, 4) is 17.2 Å². The molecule has 0 saturated heterocycles. The molecule has 0 bridgehead atoms. The second kappa shape index (κ2) is 10.6. The molecule has 3 aromatic carbocycles. The fraction of sp³-hybridized carbons (Fsp3) is 0.182. The van der Waals surface area contributed by atoms with Crippen LogP contribution in [0.25, 0.3) is 0 Å². The third kappa shape index (κ3) is 5.89. The first-order valence-electron chi connectivity index (χ1n) is 9.23. The van der Waals surface area contributed by atoms with Crippen LogP contribution in [-0.2, 0) is 13.2 Å². The van der Waals surface area contributed by atoms with Gasteiger partial charge in [-0.15, -0.1) is 0 Å². The highest BCUT2D eigenvalue weighted by Crippen LogP contribution is 2.37. The molecule has 0 radical (unpaired) electrons. The number of anilines is 1. The summed E-state index contributed by atoms with van der Waals surface area (Å²) in [7, 11) is 0. The van der Waals surface area contributed by atoms with E-state index in [0.29, 0.717) is 35.4 Å². The summed E-state index contributed by atoms with van der Waals surface area (Å²) >= 11 is 21.6. The molecule has 3 rings (SSSR count). The molecule has 0 saturated carbocycles. The van der Waals surface area contributed by atoms with Gasteiger partial charge in [-0.3, -0.25) is 0 Å². The van der Waals surface area contributed by atoms with E-state index in [9.17, 15) is 9.50 Å². The number of hydrogen-bond acceptors (Lipinski definition) is 4. The van der Waals surface area contributed by atoms with E-state index in [-0.39, 0.29) is 28.0 Å². The maximum atomic E-state index is 14.0. The van der Waals surface area contributed by atoms with E-state index >= 15 is 0 Å². The summed E-state index contributed by atoms with van der Waals surface area (Å²) in [4.78, 5) is 0. The minimum atomic E-state index is -0.434. The van der Waals surface area contributed by atoms with E-state index in [1.165, 1.54) is 6.07 Å². The van der Waals surface area contributed by atoms with Crippen molar-refractivity contribution in [1.82, 2.24) is 0 Å². The standard InChI is InChI=1S/C22H18BrCl3FNO3/c1-2-30-20-6-12(10-28-13-7-17(25)22(29)18(26)8-13)15(23)9-21(20)31-11-14-16(24)4-3-5-19(14)27/h3-9,28-29H,2,10-11H2,1H3. The van der Waals surface area contributed by atoms with Gasteiger partial charge in [0.05, 0.1) is 21.7 Å². The highest BCUT2D eigenvalue weighted by atomic mass is 79.9. The van der Waals surface area contributed by atoms with Gasteiger partial charge < -0.3 is 19.9 Å². The van der Waals surface area contributed by atoms with E-state index in [1.54, 1.807) is 30.3 Å². The van der Waals surface area contributed by atoms with Crippen molar-refractivity contribution in [1.29, 1.82) is 0 Å². The average Bonchev–Trinajstić information content (AvgIpc) is 2.72. The molecule has 0 amide bonds. The third-order valence-electron chi connectivity index (χ3n) is 4.35. The summed E-state index contributed by atoms with van der Waals surface area (Å²) in [5.74, 6) is 0.367. The predicted molar refractivity (Wildman–Crippen MR) is 127 cm³/mol. The molecular formula is C22H18BrCl3FNO3. The lowest BCUT2D eigenvalue weighted by molar-refractivity contribution is 0.265. The van der Waals surface area contributed by atoms with Crippen molar-refractivity contribution in [3.63, 3.8) is 0 Å². The molecule has 3 aromatic rings. The largest absolute Gasteiger partial charge is 0.505 e. The normalized spacial score (nSPS) is 10.8. The average molecular weight is 550 g/mol. The molecule has 31 heavy (non-hydrogen) atoms. The minimum absolute atomic E-state index is 0.0415. The smallest absolute Gasteiger partial charge is 0.162 e. The fourth-order valence-electron chi connectivity index (χ4n) is 2.78. The minimum Gasteiger partial charge on any atom is -0.505 e. The van der Waals surface area contributed by atoms with Crippen molar-refractivity contribution in [2.24, 2.45) is 0 Å². The van der Waals surface area contributed by atoms with E-state index in [1.807, 2.05) is 13.0 Å². The Morgan fingerprint density at radius 3 is 2.32 bits per heavy atom. The van der Waals surface area contributed by atoms with Gasteiger partial charge in [0.2, 0.25) is 0 Å². The number of phenols is 1. The number of benzene rings is 3. The number of hydrogen-bond donors (Lipinski definition) is 2. The lowest BCUT2D eigenvalue weighted by Crippen LogP contribution is -2.05. The quantitative estimate of drug-likeness (QED) is 0.281. The first-order chi connectivity index (χ1) is 14.8. The zero-order valence-electron chi connectivity index (χ0n) is 16.3. The van der Waals surface area contributed by atoms with Crippen LogP contribution in [0.4, 0.5) is 10.1 Å². The molecular weight excluding hydrogens is 532 g/mol. The molecule has 0 spiro atoms. The van der Waals surface area contributed by atoms with Crippen LogP contribution in [0, 0.1) is 5.82 Å². The highest BCUT2D eigenvalue weighted by Gasteiger charge is 2.14. The van der Waals surface area contributed by atoms with Gasteiger partial charge in [0.1, 0.15) is 12.4 Å².